The molecule has 0 aliphatic carbocycles. The fourth-order valence-corrected chi connectivity index (χ4v) is 1.70. The number of ether oxygens (including phenoxy) is 1. The molecule has 0 saturated carbocycles. The highest BCUT2D eigenvalue weighted by Crippen LogP contribution is 2.18. The summed E-state index contributed by atoms with van der Waals surface area (Å²) in [7, 11) is 1.68. The maximum absolute atomic E-state index is 9.18. The first kappa shape index (κ1) is 13.4. The number of nitrogens with one attached hydrogen (secondary N) is 1. The standard InChI is InChI=1S/C11H22N2O/c1-4-6-11(10-12,7-5-2)13-8-9-14-3/h13H,4-9H2,1-3H3. The molecule has 0 aromatic rings. The second kappa shape index (κ2) is 7.78. The van der Waals surface area contributed by atoms with Crippen LogP contribution in [-0.2, 0) is 4.74 Å². The van der Waals surface area contributed by atoms with Crippen molar-refractivity contribution in [2.24, 2.45) is 0 Å². The average molecular weight is 198 g/mol. The molecule has 0 aliphatic rings. The van der Waals surface area contributed by atoms with Gasteiger partial charge in [-0.3, -0.25) is 5.32 Å². The van der Waals surface area contributed by atoms with Crippen molar-refractivity contribution in [3.63, 3.8) is 0 Å². The SMILES string of the molecule is CCCC(C#N)(CCC)NCCOC. The number of methoxy groups -OCH3 is 1. The van der Waals surface area contributed by atoms with Crippen molar-refractivity contribution in [3.05, 3.63) is 0 Å². The average Bonchev–Trinajstić information content (AvgIpc) is 2.19. The maximum atomic E-state index is 9.18. The van der Waals surface area contributed by atoms with Crippen molar-refractivity contribution in [2.45, 2.75) is 45.1 Å². The molecule has 0 unspecified atom stereocenters. The summed E-state index contributed by atoms with van der Waals surface area (Å²) in [4.78, 5) is 0. The van der Waals surface area contributed by atoms with Crippen LogP contribution in [0.25, 0.3) is 0 Å². The molecular weight excluding hydrogens is 176 g/mol. The predicted molar refractivity (Wildman–Crippen MR) is 58.0 cm³/mol. The van der Waals surface area contributed by atoms with Crippen LogP contribution >= 0.6 is 0 Å². The van der Waals surface area contributed by atoms with Gasteiger partial charge in [0.15, 0.2) is 0 Å². The van der Waals surface area contributed by atoms with Gasteiger partial charge in [0, 0.05) is 13.7 Å². The molecule has 0 saturated heterocycles. The lowest BCUT2D eigenvalue weighted by atomic mass is 9.90. The number of nitrogens with zero attached hydrogens (tertiary/aromatic N) is 1. The van der Waals surface area contributed by atoms with Gasteiger partial charge in [-0.15, -0.1) is 0 Å². The Balaban J connectivity index is 4.12. The lowest BCUT2D eigenvalue weighted by Crippen LogP contribution is -2.45. The smallest absolute Gasteiger partial charge is 0.106 e. The van der Waals surface area contributed by atoms with E-state index in [1.165, 1.54) is 0 Å². The molecule has 82 valence electrons. The van der Waals surface area contributed by atoms with Gasteiger partial charge in [-0.2, -0.15) is 5.26 Å². The zero-order chi connectivity index (χ0) is 10.9. The van der Waals surface area contributed by atoms with Crippen molar-refractivity contribution in [1.29, 1.82) is 5.26 Å². The minimum Gasteiger partial charge on any atom is -0.383 e. The van der Waals surface area contributed by atoms with Crippen LogP contribution in [0.5, 0.6) is 0 Å². The fourth-order valence-electron chi connectivity index (χ4n) is 1.70. The molecule has 0 bridgehead atoms. The first-order valence-electron chi connectivity index (χ1n) is 5.40. The van der Waals surface area contributed by atoms with Crippen LogP contribution in [0.3, 0.4) is 0 Å². The zero-order valence-corrected chi connectivity index (χ0v) is 9.60. The molecular formula is C11H22N2O. The summed E-state index contributed by atoms with van der Waals surface area (Å²) in [5, 5.41) is 12.5. The zero-order valence-electron chi connectivity index (χ0n) is 9.60. The molecule has 0 spiro atoms. The monoisotopic (exact) mass is 198 g/mol. The highest BCUT2D eigenvalue weighted by atomic mass is 16.5. The first-order chi connectivity index (χ1) is 6.74. The Morgan fingerprint density at radius 2 is 1.86 bits per heavy atom. The van der Waals surface area contributed by atoms with Gasteiger partial charge in [0.05, 0.1) is 12.7 Å². The van der Waals surface area contributed by atoms with Gasteiger partial charge in [-0.05, 0) is 12.8 Å². The molecule has 3 nitrogen and oxygen atoms in total. The molecule has 14 heavy (non-hydrogen) atoms. The quantitative estimate of drug-likeness (QED) is 0.607. The number of hydrogen-bond acceptors (Lipinski definition) is 3. The van der Waals surface area contributed by atoms with Gasteiger partial charge >= 0.3 is 0 Å². The molecule has 0 heterocycles. The maximum Gasteiger partial charge on any atom is 0.106 e. The van der Waals surface area contributed by atoms with E-state index in [1.807, 2.05) is 0 Å². The van der Waals surface area contributed by atoms with E-state index in [9.17, 15) is 5.26 Å². The van der Waals surface area contributed by atoms with Crippen LogP contribution in [0, 0.1) is 11.3 Å². The van der Waals surface area contributed by atoms with Crippen LogP contribution in [-0.4, -0.2) is 25.8 Å². The first-order valence-corrected chi connectivity index (χ1v) is 5.40. The fraction of sp³-hybridized carbons (Fsp3) is 0.909. The van der Waals surface area contributed by atoms with Crippen LogP contribution in [0.4, 0.5) is 0 Å². The Bertz CT molecular complexity index is 169. The molecule has 0 atom stereocenters. The van der Waals surface area contributed by atoms with Crippen molar-refractivity contribution in [1.82, 2.24) is 5.32 Å². The van der Waals surface area contributed by atoms with E-state index in [0.29, 0.717) is 6.61 Å². The molecule has 0 radical (unpaired) electrons. The third-order valence-electron chi connectivity index (χ3n) is 2.34. The van der Waals surface area contributed by atoms with Crippen molar-refractivity contribution >= 4 is 0 Å². The lowest BCUT2D eigenvalue weighted by Gasteiger charge is -2.27. The Labute approximate surface area is 87.4 Å². The van der Waals surface area contributed by atoms with Crippen molar-refractivity contribution in [3.8, 4) is 6.07 Å². The number of rotatable bonds is 8. The summed E-state index contributed by atoms with van der Waals surface area (Å²) in [5.41, 5.74) is -0.331. The Morgan fingerprint density at radius 3 is 2.21 bits per heavy atom. The largest absolute Gasteiger partial charge is 0.383 e. The summed E-state index contributed by atoms with van der Waals surface area (Å²) in [6.07, 6.45) is 3.91. The van der Waals surface area contributed by atoms with E-state index in [0.717, 1.165) is 32.2 Å². The molecule has 0 fully saturated rings. The second-order valence-corrected chi connectivity index (χ2v) is 3.61. The van der Waals surface area contributed by atoms with E-state index in [2.05, 4.69) is 25.2 Å². The van der Waals surface area contributed by atoms with E-state index < -0.39 is 0 Å². The molecule has 0 aromatic carbocycles. The summed E-state index contributed by atoms with van der Waals surface area (Å²) in [6, 6.07) is 2.41. The summed E-state index contributed by atoms with van der Waals surface area (Å²) < 4.78 is 4.97. The molecule has 0 amide bonds. The van der Waals surface area contributed by atoms with E-state index >= 15 is 0 Å². The Hall–Kier alpha value is -0.590. The normalized spacial score (nSPS) is 11.3. The Kier molecular flexibility index (Phi) is 7.45. The van der Waals surface area contributed by atoms with Crippen LogP contribution in [0.1, 0.15) is 39.5 Å². The number of nitriles is 1. The van der Waals surface area contributed by atoms with E-state index in [-0.39, 0.29) is 5.54 Å². The van der Waals surface area contributed by atoms with Crippen LogP contribution < -0.4 is 5.32 Å². The van der Waals surface area contributed by atoms with Gasteiger partial charge in [-0.1, -0.05) is 26.7 Å². The highest BCUT2D eigenvalue weighted by molar-refractivity contribution is 5.06. The minimum atomic E-state index is -0.331. The van der Waals surface area contributed by atoms with Crippen molar-refractivity contribution < 1.29 is 4.74 Å². The molecule has 0 rings (SSSR count). The third-order valence-corrected chi connectivity index (χ3v) is 2.34. The van der Waals surface area contributed by atoms with Crippen molar-refractivity contribution in [2.75, 3.05) is 20.3 Å². The summed E-state index contributed by atoms with van der Waals surface area (Å²) in [5.74, 6) is 0. The van der Waals surface area contributed by atoms with E-state index in [1.54, 1.807) is 7.11 Å². The Morgan fingerprint density at radius 1 is 1.29 bits per heavy atom. The molecule has 3 heteroatoms. The minimum absolute atomic E-state index is 0.331. The van der Waals surface area contributed by atoms with Gasteiger partial charge in [0.1, 0.15) is 5.54 Å². The van der Waals surface area contributed by atoms with Gasteiger partial charge in [-0.25, -0.2) is 0 Å². The van der Waals surface area contributed by atoms with Gasteiger partial charge in [0.2, 0.25) is 0 Å². The second-order valence-electron chi connectivity index (χ2n) is 3.61. The van der Waals surface area contributed by atoms with Gasteiger partial charge in [0.25, 0.3) is 0 Å². The topological polar surface area (TPSA) is 45.0 Å². The molecule has 0 aliphatic heterocycles. The summed E-state index contributed by atoms with van der Waals surface area (Å²) in [6.45, 7) is 5.64. The third kappa shape index (κ3) is 4.59. The number of hydrogen-bond donors (Lipinski definition) is 1. The van der Waals surface area contributed by atoms with Gasteiger partial charge < -0.3 is 4.74 Å². The molecule has 0 aromatic heterocycles. The lowest BCUT2D eigenvalue weighted by molar-refractivity contribution is 0.187. The van der Waals surface area contributed by atoms with Crippen LogP contribution in [0.2, 0.25) is 0 Å². The predicted octanol–water partition coefficient (Wildman–Crippen LogP) is 2.08. The van der Waals surface area contributed by atoms with Crippen LogP contribution in [0.15, 0.2) is 0 Å². The summed E-state index contributed by atoms with van der Waals surface area (Å²) >= 11 is 0. The molecule has 1 N–H and O–H groups in total. The van der Waals surface area contributed by atoms with E-state index in [4.69, 9.17) is 4.74 Å². The highest BCUT2D eigenvalue weighted by Gasteiger charge is 2.26.